The van der Waals surface area contributed by atoms with Crippen LogP contribution in [-0.4, -0.2) is 28.1 Å². The summed E-state index contributed by atoms with van der Waals surface area (Å²) in [6.45, 7) is -0.0510. The first kappa shape index (κ1) is 14.8. The van der Waals surface area contributed by atoms with Gasteiger partial charge in [0.15, 0.2) is 0 Å². The summed E-state index contributed by atoms with van der Waals surface area (Å²) in [6.07, 6.45) is -1.18. The molecule has 0 atom stereocenters. The number of alkyl halides is 2. The number of amides is 2. The van der Waals surface area contributed by atoms with Crippen LogP contribution in [0.15, 0.2) is 16.8 Å². The molecule has 2 rings (SSSR count). The van der Waals surface area contributed by atoms with Gasteiger partial charge in [-0.05, 0) is 0 Å². The SMILES string of the molecule is COc1nn(C)cc1NC(=O)NCc1cc(C(F)F)on1. The Kier molecular flexibility index (Phi) is 4.36. The monoisotopic (exact) mass is 301 g/mol. The van der Waals surface area contributed by atoms with Gasteiger partial charge in [0.05, 0.1) is 19.9 Å². The predicted octanol–water partition coefficient (Wildman–Crippen LogP) is 1.68. The fraction of sp³-hybridized carbons (Fsp3) is 0.364. The molecule has 0 saturated carbocycles. The fourth-order valence-electron chi connectivity index (χ4n) is 1.56. The molecule has 2 N–H and O–H groups in total. The quantitative estimate of drug-likeness (QED) is 0.876. The Balaban J connectivity index is 1.89. The smallest absolute Gasteiger partial charge is 0.319 e. The summed E-state index contributed by atoms with van der Waals surface area (Å²) in [4.78, 5) is 11.7. The predicted molar refractivity (Wildman–Crippen MR) is 67.1 cm³/mol. The van der Waals surface area contributed by atoms with Crippen LogP contribution in [0.3, 0.4) is 0 Å². The standard InChI is InChI=1S/C11H13F2N5O3/c1-18-5-7(10(16-18)20-2)15-11(19)14-4-6-3-8(9(12)13)21-17-6/h3,5,9H,4H2,1-2H3,(H2,14,15,19). The van der Waals surface area contributed by atoms with Crippen LogP contribution in [0.2, 0.25) is 0 Å². The van der Waals surface area contributed by atoms with Crippen LogP contribution >= 0.6 is 0 Å². The number of aryl methyl sites for hydroxylation is 1. The van der Waals surface area contributed by atoms with Gasteiger partial charge in [0, 0.05) is 13.1 Å². The first-order valence-electron chi connectivity index (χ1n) is 5.85. The maximum atomic E-state index is 12.3. The topological polar surface area (TPSA) is 94.2 Å². The highest BCUT2D eigenvalue weighted by Gasteiger charge is 2.15. The van der Waals surface area contributed by atoms with E-state index in [9.17, 15) is 13.6 Å². The van der Waals surface area contributed by atoms with Crippen molar-refractivity contribution in [1.82, 2.24) is 20.3 Å². The molecule has 2 amide bonds. The van der Waals surface area contributed by atoms with E-state index in [1.54, 1.807) is 13.2 Å². The Morgan fingerprint density at radius 3 is 2.95 bits per heavy atom. The van der Waals surface area contributed by atoms with E-state index in [1.807, 2.05) is 0 Å². The lowest BCUT2D eigenvalue weighted by atomic mass is 10.3. The maximum absolute atomic E-state index is 12.3. The molecule has 0 radical (unpaired) electrons. The van der Waals surface area contributed by atoms with Crippen molar-refractivity contribution in [1.29, 1.82) is 0 Å². The lowest BCUT2D eigenvalue weighted by molar-refractivity contribution is 0.112. The highest BCUT2D eigenvalue weighted by atomic mass is 19.3. The summed E-state index contributed by atoms with van der Waals surface area (Å²) >= 11 is 0. The number of aromatic nitrogens is 3. The zero-order valence-corrected chi connectivity index (χ0v) is 11.3. The van der Waals surface area contributed by atoms with Gasteiger partial charge in [-0.2, -0.15) is 0 Å². The number of rotatable bonds is 5. The highest BCUT2D eigenvalue weighted by molar-refractivity contribution is 5.90. The van der Waals surface area contributed by atoms with Gasteiger partial charge in [0.2, 0.25) is 5.76 Å². The minimum absolute atomic E-state index is 0.0510. The molecule has 0 fully saturated rings. The van der Waals surface area contributed by atoms with Crippen LogP contribution in [0.1, 0.15) is 17.9 Å². The largest absolute Gasteiger partial charge is 0.478 e. The number of nitrogens with one attached hydrogen (secondary N) is 2. The Hall–Kier alpha value is -2.65. The maximum Gasteiger partial charge on any atom is 0.319 e. The average Bonchev–Trinajstić information content (AvgIpc) is 3.03. The van der Waals surface area contributed by atoms with Gasteiger partial charge in [-0.3, -0.25) is 4.68 Å². The minimum Gasteiger partial charge on any atom is -0.478 e. The molecule has 0 unspecified atom stereocenters. The van der Waals surface area contributed by atoms with Gasteiger partial charge in [-0.1, -0.05) is 5.16 Å². The van der Waals surface area contributed by atoms with E-state index >= 15 is 0 Å². The summed E-state index contributed by atoms with van der Waals surface area (Å²) in [5, 5.41) is 12.3. The summed E-state index contributed by atoms with van der Waals surface area (Å²) in [6, 6.07) is 0.526. The number of methoxy groups -OCH3 is 1. The summed E-state index contributed by atoms with van der Waals surface area (Å²) in [7, 11) is 3.10. The molecule has 2 heterocycles. The molecule has 0 saturated heterocycles. The van der Waals surface area contributed by atoms with Crippen molar-refractivity contribution in [2.75, 3.05) is 12.4 Å². The molecule has 2 aromatic rings. The van der Waals surface area contributed by atoms with Gasteiger partial charge in [-0.25, -0.2) is 13.6 Å². The lowest BCUT2D eigenvalue weighted by Gasteiger charge is -2.05. The Morgan fingerprint density at radius 2 is 2.33 bits per heavy atom. The molecule has 0 bridgehead atoms. The Bertz CT molecular complexity index is 625. The molecule has 114 valence electrons. The minimum atomic E-state index is -2.74. The van der Waals surface area contributed by atoms with Crippen molar-refractivity contribution in [3.63, 3.8) is 0 Å². The van der Waals surface area contributed by atoms with E-state index in [-0.39, 0.29) is 18.1 Å². The number of anilines is 1. The number of urea groups is 1. The molecule has 0 aliphatic heterocycles. The van der Waals surface area contributed by atoms with E-state index in [4.69, 9.17) is 4.74 Å². The average molecular weight is 301 g/mol. The molecule has 2 aromatic heterocycles. The van der Waals surface area contributed by atoms with Crippen molar-refractivity contribution in [2.45, 2.75) is 13.0 Å². The third kappa shape index (κ3) is 3.68. The number of carbonyl (C=O) groups is 1. The molecule has 8 nitrogen and oxygen atoms in total. The van der Waals surface area contributed by atoms with E-state index < -0.39 is 18.2 Å². The third-order valence-corrected chi connectivity index (χ3v) is 2.46. The Morgan fingerprint density at radius 1 is 1.57 bits per heavy atom. The number of hydrogen-bond donors (Lipinski definition) is 2. The van der Waals surface area contributed by atoms with Gasteiger partial charge >= 0.3 is 6.03 Å². The van der Waals surface area contributed by atoms with Gasteiger partial charge in [-0.15, -0.1) is 5.10 Å². The first-order valence-corrected chi connectivity index (χ1v) is 5.85. The van der Waals surface area contributed by atoms with Crippen molar-refractivity contribution >= 4 is 11.7 Å². The van der Waals surface area contributed by atoms with Crippen LogP contribution in [0.25, 0.3) is 0 Å². The zero-order valence-electron chi connectivity index (χ0n) is 11.3. The number of nitrogens with zero attached hydrogens (tertiary/aromatic N) is 3. The fourth-order valence-corrected chi connectivity index (χ4v) is 1.56. The first-order chi connectivity index (χ1) is 9.99. The highest BCUT2D eigenvalue weighted by Crippen LogP contribution is 2.21. The molecule has 0 aliphatic carbocycles. The van der Waals surface area contributed by atoms with E-state index in [1.165, 1.54) is 11.8 Å². The summed E-state index contributed by atoms with van der Waals surface area (Å²) in [5.41, 5.74) is 0.574. The van der Waals surface area contributed by atoms with Crippen molar-refractivity contribution in [2.24, 2.45) is 7.05 Å². The van der Waals surface area contributed by atoms with Crippen LogP contribution < -0.4 is 15.4 Å². The van der Waals surface area contributed by atoms with Crippen LogP contribution in [0.5, 0.6) is 5.88 Å². The van der Waals surface area contributed by atoms with Crippen LogP contribution in [0, 0.1) is 0 Å². The normalized spacial score (nSPS) is 10.7. The molecule has 0 spiro atoms. The number of ether oxygens (including phenoxy) is 1. The second-order valence-corrected chi connectivity index (χ2v) is 4.05. The lowest BCUT2D eigenvalue weighted by Crippen LogP contribution is -2.28. The van der Waals surface area contributed by atoms with Crippen molar-refractivity contribution in [3.8, 4) is 5.88 Å². The third-order valence-electron chi connectivity index (χ3n) is 2.46. The van der Waals surface area contributed by atoms with Gasteiger partial charge in [0.25, 0.3) is 12.3 Å². The van der Waals surface area contributed by atoms with Gasteiger partial charge < -0.3 is 19.9 Å². The Labute approximate surface area is 118 Å². The molecular weight excluding hydrogens is 288 g/mol. The molecule has 0 aromatic carbocycles. The molecule has 0 aliphatic rings. The van der Waals surface area contributed by atoms with Crippen LogP contribution in [-0.2, 0) is 13.6 Å². The summed E-state index contributed by atoms with van der Waals surface area (Å²) < 4.78 is 35.5. The molecule has 10 heteroatoms. The number of halogens is 2. The second kappa shape index (κ2) is 6.20. The van der Waals surface area contributed by atoms with E-state index in [0.29, 0.717) is 5.69 Å². The number of hydrogen-bond acceptors (Lipinski definition) is 5. The number of carbonyl (C=O) groups excluding carboxylic acids is 1. The van der Waals surface area contributed by atoms with Crippen molar-refractivity contribution < 1.29 is 22.8 Å². The van der Waals surface area contributed by atoms with Crippen LogP contribution in [0.4, 0.5) is 19.3 Å². The van der Waals surface area contributed by atoms with Gasteiger partial charge in [0.1, 0.15) is 11.4 Å². The molecule has 21 heavy (non-hydrogen) atoms. The van der Waals surface area contributed by atoms with Crippen molar-refractivity contribution in [3.05, 3.63) is 23.7 Å². The molecular formula is C11H13F2N5O3. The van der Waals surface area contributed by atoms with E-state index in [2.05, 4.69) is 25.4 Å². The second-order valence-electron chi connectivity index (χ2n) is 4.05. The summed E-state index contributed by atoms with van der Waals surface area (Å²) in [5.74, 6) is -0.282. The zero-order chi connectivity index (χ0) is 15.4. The van der Waals surface area contributed by atoms with E-state index in [0.717, 1.165) is 6.07 Å².